The van der Waals surface area contributed by atoms with Crippen LogP contribution in [0.5, 0.6) is 5.75 Å². The van der Waals surface area contributed by atoms with Gasteiger partial charge in [0, 0.05) is 18.0 Å². The smallest absolute Gasteiger partial charge is 0.130 e. The first-order valence-electron chi connectivity index (χ1n) is 5.31. The topological polar surface area (TPSA) is 25.4 Å². The molecule has 0 aliphatic rings. The van der Waals surface area contributed by atoms with E-state index in [1.54, 1.807) is 6.07 Å². The molecule has 0 unspecified atom stereocenters. The number of pyridine rings is 1. The van der Waals surface area contributed by atoms with Crippen LogP contribution < -0.4 is 4.74 Å². The van der Waals surface area contributed by atoms with Crippen LogP contribution in [0.15, 0.2) is 30.3 Å². The predicted molar refractivity (Wildman–Crippen MR) is 64.6 cm³/mol. The van der Waals surface area contributed by atoms with Gasteiger partial charge in [0.1, 0.15) is 12.4 Å². The van der Waals surface area contributed by atoms with Crippen LogP contribution >= 0.6 is 0 Å². The average Bonchev–Trinajstić information content (AvgIpc) is 2.29. The Kier molecular flexibility index (Phi) is 3.37. The maximum atomic E-state index is 5.72. The number of likely N-dealkylation sites (N-methyl/N-ethyl adjacent to an activating group) is 1. The van der Waals surface area contributed by atoms with Gasteiger partial charge in [-0.3, -0.25) is 0 Å². The van der Waals surface area contributed by atoms with E-state index >= 15 is 0 Å². The molecule has 16 heavy (non-hydrogen) atoms. The third kappa shape index (κ3) is 2.49. The zero-order valence-electron chi connectivity index (χ0n) is 9.60. The Hall–Kier alpha value is -1.61. The van der Waals surface area contributed by atoms with Gasteiger partial charge in [0.05, 0.1) is 11.7 Å². The van der Waals surface area contributed by atoms with E-state index in [0.29, 0.717) is 6.61 Å². The molecule has 3 nitrogen and oxygen atoms in total. The lowest BCUT2D eigenvalue weighted by molar-refractivity contribution is 0.263. The number of para-hydroxylation sites is 1. The molecular formula is C13H15N2O. The number of fused-ring (bicyclic) bond motifs is 1. The first-order chi connectivity index (χ1) is 7.77. The second-order valence-electron chi connectivity index (χ2n) is 3.92. The Labute approximate surface area is 95.7 Å². The van der Waals surface area contributed by atoms with Gasteiger partial charge in [-0.1, -0.05) is 12.1 Å². The SMILES string of the molecule is CN(C)CCOc1c[c]nc2ccccc12. The largest absolute Gasteiger partial charge is 0.491 e. The molecule has 83 valence electrons. The summed E-state index contributed by atoms with van der Waals surface area (Å²) >= 11 is 0. The lowest BCUT2D eigenvalue weighted by Crippen LogP contribution is -2.19. The van der Waals surface area contributed by atoms with Crippen LogP contribution in [0.4, 0.5) is 0 Å². The molecule has 2 rings (SSSR count). The number of nitrogens with zero attached hydrogens (tertiary/aromatic N) is 2. The lowest BCUT2D eigenvalue weighted by atomic mass is 10.2. The minimum atomic E-state index is 0.675. The molecule has 1 heterocycles. The van der Waals surface area contributed by atoms with Crippen LogP contribution in [0, 0.1) is 6.20 Å². The molecule has 0 aliphatic heterocycles. The molecular weight excluding hydrogens is 200 g/mol. The number of benzene rings is 1. The zero-order valence-corrected chi connectivity index (χ0v) is 9.60. The van der Waals surface area contributed by atoms with Crippen molar-refractivity contribution in [1.29, 1.82) is 0 Å². The summed E-state index contributed by atoms with van der Waals surface area (Å²) in [5.74, 6) is 0.854. The molecule has 0 N–H and O–H groups in total. The average molecular weight is 215 g/mol. The summed E-state index contributed by atoms with van der Waals surface area (Å²) in [5, 5.41) is 1.04. The Balaban J connectivity index is 2.17. The van der Waals surface area contributed by atoms with E-state index in [1.165, 1.54) is 0 Å². The molecule has 0 fully saturated rings. The van der Waals surface area contributed by atoms with Crippen LogP contribution in [0.2, 0.25) is 0 Å². The Morgan fingerprint density at radius 2 is 2.12 bits per heavy atom. The molecule has 1 aromatic heterocycles. The highest BCUT2D eigenvalue weighted by atomic mass is 16.5. The molecule has 2 aromatic rings. The fourth-order valence-corrected chi connectivity index (χ4v) is 1.48. The highest BCUT2D eigenvalue weighted by Crippen LogP contribution is 2.22. The molecule has 0 aliphatic carbocycles. The van der Waals surface area contributed by atoms with Crippen LogP contribution in [0.3, 0.4) is 0 Å². The molecule has 0 saturated heterocycles. The van der Waals surface area contributed by atoms with E-state index in [4.69, 9.17) is 4.74 Å². The minimum Gasteiger partial charge on any atom is -0.491 e. The zero-order chi connectivity index (χ0) is 11.4. The Bertz CT molecular complexity index is 463. The van der Waals surface area contributed by atoms with Crippen molar-refractivity contribution >= 4 is 10.9 Å². The monoisotopic (exact) mass is 215 g/mol. The maximum Gasteiger partial charge on any atom is 0.130 e. The number of hydrogen-bond acceptors (Lipinski definition) is 3. The van der Waals surface area contributed by atoms with Gasteiger partial charge in [-0.05, 0) is 26.2 Å². The second-order valence-corrected chi connectivity index (χ2v) is 3.92. The number of hydrogen-bond donors (Lipinski definition) is 0. The first-order valence-corrected chi connectivity index (χ1v) is 5.31. The quantitative estimate of drug-likeness (QED) is 0.779. The van der Waals surface area contributed by atoms with E-state index in [0.717, 1.165) is 23.2 Å². The van der Waals surface area contributed by atoms with E-state index in [-0.39, 0.29) is 0 Å². The minimum absolute atomic E-state index is 0.675. The van der Waals surface area contributed by atoms with Crippen molar-refractivity contribution in [3.8, 4) is 5.75 Å². The number of aromatic nitrogens is 1. The van der Waals surface area contributed by atoms with Crippen molar-refractivity contribution in [1.82, 2.24) is 9.88 Å². The number of ether oxygens (including phenoxy) is 1. The van der Waals surface area contributed by atoms with E-state index < -0.39 is 0 Å². The lowest BCUT2D eigenvalue weighted by Gasteiger charge is -2.12. The third-order valence-corrected chi connectivity index (χ3v) is 2.35. The van der Waals surface area contributed by atoms with E-state index in [1.807, 2.05) is 38.4 Å². The molecule has 0 atom stereocenters. The van der Waals surface area contributed by atoms with E-state index in [2.05, 4.69) is 16.1 Å². The van der Waals surface area contributed by atoms with Gasteiger partial charge in [0.25, 0.3) is 0 Å². The van der Waals surface area contributed by atoms with E-state index in [9.17, 15) is 0 Å². The summed E-state index contributed by atoms with van der Waals surface area (Å²) in [7, 11) is 4.06. The van der Waals surface area contributed by atoms with Gasteiger partial charge in [-0.15, -0.1) is 0 Å². The van der Waals surface area contributed by atoms with Gasteiger partial charge in [0.2, 0.25) is 0 Å². The molecule has 0 saturated carbocycles. The van der Waals surface area contributed by atoms with Crippen molar-refractivity contribution < 1.29 is 4.74 Å². The Morgan fingerprint density at radius 1 is 1.31 bits per heavy atom. The van der Waals surface area contributed by atoms with Crippen molar-refractivity contribution in [2.75, 3.05) is 27.2 Å². The van der Waals surface area contributed by atoms with Crippen LogP contribution in [0.25, 0.3) is 10.9 Å². The van der Waals surface area contributed by atoms with Gasteiger partial charge < -0.3 is 9.64 Å². The Morgan fingerprint density at radius 3 is 2.94 bits per heavy atom. The highest BCUT2D eigenvalue weighted by molar-refractivity contribution is 5.84. The molecule has 0 amide bonds. The maximum absolute atomic E-state index is 5.72. The molecule has 0 spiro atoms. The number of rotatable bonds is 4. The normalized spacial score (nSPS) is 10.9. The van der Waals surface area contributed by atoms with Gasteiger partial charge in [-0.25, -0.2) is 4.98 Å². The van der Waals surface area contributed by atoms with Crippen molar-refractivity contribution in [2.24, 2.45) is 0 Å². The van der Waals surface area contributed by atoms with Gasteiger partial charge in [0.15, 0.2) is 0 Å². The summed E-state index contributed by atoms with van der Waals surface area (Å²) in [5.41, 5.74) is 0.921. The fourth-order valence-electron chi connectivity index (χ4n) is 1.48. The molecule has 1 radical (unpaired) electrons. The summed E-state index contributed by atoms with van der Waals surface area (Å²) in [6.45, 7) is 1.57. The summed E-state index contributed by atoms with van der Waals surface area (Å²) < 4.78 is 5.72. The van der Waals surface area contributed by atoms with Crippen molar-refractivity contribution in [3.05, 3.63) is 36.5 Å². The van der Waals surface area contributed by atoms with Crippen LogP contribution in [-0.4, -0.2) is 37.1 Å². The predicted octanol–water partition coefficient (Wildman–Crippen LogP) is 1.98. The van der Waals surface area contributed by atoms with Crippen molar-refractivity contribution in [2.45, 2.75) is 0 Å². The van der Waals surface area contributed by atoms with Crippen molar-refractivity contribution in [3.63, 3.8) is 0 Å². The first kappa shape index (κ1) is 10.9. The van der Waals surface area contributed by atoms with Crippen LogP contribution in [0.1, 0.15) is 0 Å². The summed E-state index contributed by atoms with van der Waals surface area (Å²) in [6, 6.07) is 9.72. The second kappa shape index (κ2) is 4.94. The third-order valence-electron chi connectivity index (χ3n) is 2.35. The summed E-state index contributed by atoms with van der Waals surface area (Å²) in [6.07, 6.45) is 2.85. The molecule has 1 aromatic carbocycles. The highest BCUT2D eigenvalue weighted by Gasteiger charge is 2.02. The summed E-state index contributed by atoms with van der Waals surface area (Å²) in [4.78, 5) is 6.26. The molecule has 0 bridgehead atoms. The van der Waals surface area contributed by atoms with Crippen LogP contribution in [-0.2, 0) is 0 Å². The standard InChI is InChI=1S/C13H15N2O/c1-15(2)9-10-16-13-7-8-14-12-6-4-3-5-11(12)13/h3-7H,9-10H2,1-2H3. The fraction of sp³-hybridized carbons (Fsp3) is 0.308. The molecule has 3 heteroatoms. The van der Waals surface area contributed by atoms with Gasteiger partial charge >= 0.3 is 0 Å². The van der Waals surface area contributed by atoms with Gasteiger partial charge in [-0.2, -0.15) is 0 Å².